The van der Waals surface area contributed by atoms with E-state index in [0.29, 0.717) is 51.7 Å². The first-order chi connectivity index (χ1) is 19.7. The second-order valence-corrected chi connectivity index (χ2v) is 10.1. The van der Waals surface area contributed by atoms with E-state index in [0.717, 1.165) is 17.2 Å². The zero-order chi connectivity index (χ0) is 29.7. The molecule has 41 heavy (non-hydrogen) atoms. The van der Waals surface area contributed by atoms with Crippen LogP contribution in [0.25, 0.3) is 11.1 Å². The van der Waals surface area contributed by atoms with Gasteiger partial charge in [-0.2, -0.15) is 0 Å². The highest BCUT2D eigenvalue weighted by molar-refractivity contribution is 7.98. The van der Waals surface area contributed by atoms with Crippen molar-refractivity contribution in [2.75, 3.05) is 27.6 Å². The predicted octanol–water partition coefficient (Wildman–Crippen LogP) is 4.66. The smallest absolute Gasteiger partial charge is 0.294 e. The number of methoxy groups -OCH3 is 3. The first-order valence-electron chi connectivity index (χ1n) is 12.6. The van der Waals surface area contributed by atoms with E-state index in [-0.39, 0.29) is 24.0 Å². The lowest BCUT2D eigenvalue weighted by molar-refractivity contribution is -0.763. The Morgan fingerprint density at radius 1 is 1.10 bits per heavy atom. The Morgan fingerprint density at radius 3 is 2.51 bits per heavy atom. The molecule has 0 radical (unpaired) electrons. The summed E-state index contributed by atoms with van der Waals surface area (Å²) in [5.41, 5.74) is 3.09. The number of carbonyl (C=O) groups excluding carboxylic acids is 1. The molecule has 0 aliphatic heterocycles. The fraction of sp³-hybridized carbons (Fsp3) is 0.310. The standard InChI is InChI=1S/C29H29FN2O8S/c1-37-24-12-17-6-9-22(31-26(34)13-18-11-16(5-8-21(18)30)15-40-32(35)36)20-14-23(33)25(41-4)10-7-19(20)27(17)29(39-3)28(24)38-2/h5,7-8,10-12,14,22H,6,9,13,15H2,1-4H3,(H,31,34)/t22-/m0/s1. The van der Waals surface area contributed by atoms with Crippen LogP contribution in [0.5, 0.6) is 17.2 Å². The Kier molecular flexibility index (Phi) is 9.33. The number of hydrogen-bond donors (Lipinski definition) is 1. The van der Waals surface area contributed by atoms with Gasteiger partial charge in [-0.25, -0.2) is 4.39 Å². The summed E-state index contributed by atoms with van der Waals surface area (Å²) < 4.78 is 31.5. The van der Waals surface area contributed by atoms with Crippen LogP contribution in [-0.2, 0) is 29.1 Å². The third kappa shape index (κ3) is 6.37. The molecule has 1 amide bonds. The molecule has 0 bridgehead atoms. The van der Waals surface area contributed by atoms with Gasteiger partial charge in [-0.05, 0) is 71.2 Å². The van der Waals surface area contributed by atoms with Crippen molar-refractivity contribution in [3.05, 3.63) is 90.9 Å². The number of ether oxygens (including phenoxy) is 3. The first-order valence-corrected chi connectivity index (χ1v) is 13.8. The molecule has 1 aliphatic carbocycles. The summed E-state index contributed by atoms with van der Waals surface area (Å²) in [4.78, 5) is 41.8. The molecule has 0 unspecified atom stereocenters. The zero-order valence-electron chi connectivity index (χ0n) is 22.9. The zero-order valence-corrected chi connectivity index (χ0v) is 23.8. The molecule has 0 heterocycles. The number of thioether (sulfide) groups is 1. The van der Waals surface area contributed by atoms with Crippen LogP contribution in [0.2, 0.25) is 0 Å². The van der Waals surface area contributed by atoms with E-state index in [1.807, 2.05) is 18.4 Å². The maximum Gasteiger partial charge on any atom is 0.294 e. The monoisotopic (exact) mass is 584 g/mol. The maximum atomic E-state index is 14.6. The highest BCUT2D eigenvalue weighted by Gasteiger charge is 2.30. The van der Waals surface area contributed by atoms with Crippen LogP contribution >= 0.6 is 11.8 Å². The minimum Gasteiger partial charge on any atom is -0.493 e. The third-order valence-electron chi connectivity index (χ3n) is 6.85. The number of aryl methyl sites for hydroxylation is 1. The molecule has 3 aromatic carbocycles. The summed E-state index contributed by atoms with van der Waals surface area (Å²) in [6.07, 6.45) is 2.42. The van der Waals surface area contributed by atoms with Crippen molar-refractivity contribution in [3.8, 4) is 28.4 Å². The summed E-state index contributed by atoms with van der Waals surface area (Å²) in [6, 6.07) is 10.2. The minimum absolute atomic E-state index is 0.0630. The van der Waals surface area contributed by atoms with Crippen molar-refractivity contribution in [3.63, 3.8) is 0 Å². The average molecular weight is 585 g/mol. The molecule has 0 saturated heterocycles. The SMILES string of the molecule is COc1cc2c(c(OC)c1OC)-c1ccc(SC)c(=O)cc1[C@@H](NC(=O)Cc1cc(CO[N+](=O)[O-])ccc1F)CC2. The van der Waals surface area contributed by atoms with Crippen molar-refractivity contribution in [2.45, 2.75) is 36.8 Å². The lowest BCUT2D eigenvalue weighted by atomic mass is 9.95. The van der Waals surface area contributed by atoms with Gasteiger partial charge < -0.3 is 24.4 Å². The lowest BCUT2D eigenvalue weighted by Gasteiger charge is -2.20. The van der Waals surface area contributed by atoms with Gasteiger partial charge in [-0.3, -0.25) is 9.59 Å². The molecular weight excluding hydrogens is 555 g/mol. The fourth-order valence-corrected chi connectivity index (χ4v) is 5.48. The largest absolute Gasteiger partial charge is 0.493 e. The summed E-state index contributed by atoms with van der Waals surface area (Å²) in [5, 5.41) is 12.6. The van der Waals surface area contributed by atoms with Crippen molar-refractivity contribution >= 4 is 17.7 Å². The molecule has 4 rings (SSSR count). The van der Waals surface area contributed by atoms with Crippen LogP contribution in [0.4, 0.5) is 4.39 Å². The second kappa shape index (κ2) is 12.9. The van der Waals surface area contributed by atoms with E-state index >= 15 is 0 Å². The van der Waals surface area contributed by atoms with E-state index in [9.17, 15) is 24.1 Å². The number of nitrogens with one attached hydrogen (secondary N) is 1. The summed E-state index contributed by atoms with van der Waals surface area (Å²) >= 11 is 1.31. The Hall–Kier alpha value is -4.32. The minimum atomic E-state index is -0.940. The molecule has 3 aromatic rings. The van der Waals surface area contributed by atoms with Crippen LogP contribution in [0.15, 0.2) is 52.2 Å². The maximum absolute atomic E-state index is 14.6. The van der Waals surface area contributed by atoms with E-state index in [1.54, 1.807) is 6.07 Å². The van der Waals surface area contributed by atoms with Gasteiger partial charge in [0.15, 0.2) is 16.9 Å². The number of benzene rings is 2. The van der Waals surface area contributed by atoms with Crippen LogP contribution in [-0.4, -0.2) is 38.6 Å². The van der Waals surface area contributed by atoms with E-state index in [1.165, 1.54) is 51.3 Å². The summed E-state index contributed by atoms with van der Waals surface area (Å²) in [7, 11) is 4.57. The molecule has 0 aromatic heterocycles. The molecule has 1 aliphatic rings. The van der Waals surface area contributed by atoms with E-state index < -0.39 is 22.9 Å². The molecule has 0 fully saturated rings. The molecule has 216 valence electrons. The van der Waals surface area contributed by atoms with E-state index in [2.05, 4.69) is 10.2 Å². The molecule has 0 saturated carbocycles. The van der Waals surface area contributed by atoms with Crippen LogP contribution in [0, 0.1) is 15.9 Å². The van der Waals surface area contributed by atoms with Gasteiger partial charge in [0.1, 0.15) is 12.4 Å². The topological polar surface area (TPSA) is 126 Å². The van der Waals surface area contributed by atoms with Gasteiger partial charge >= 0.3 is 0 Å². The first kappa shape index (κ1) is 29.7. The normalized spacial score (nSPS) is 13.7. The molecule has 10 nitrogen and oxygen atoms in total. The van der Waals surface area contributed by atoms with E-state index in [4.69, 9.17) is 14.2 Å². The van der Waals surface area contributed by atoms with Gasteiger partial charge in [-0.15, -0.1) is 21.9 Å². The fourth-order valence-electron chi connectivity index (χ4n) is 5.02. The molecule has 0 spiro atoms. The highest BCUT2D eigenvalue weighted by atomic mass is 32.2. The second-order valence-electron chi connectivity index (χ2n) is 9.22. The van der Waals surface area contributed by atoms with Gasteiger partial charge in [-0.1, -0.05) is 18.2 Å². The summed E-state index contributed by atoms with van der Waals surface area (Å²) in [6.45, 7) is -0.370. The van der Waals surface area contributed by atoms with Crippen molar-refractivity contribution in [1.29, 1.82) is 0 Å². The highest BCUT2D eigenvalue weighted by Crippen LogP contribution is 2.50. The van der Waals surface area contributed by atoms with Gasteiger partial charge in [0.05, 0.1) is 38.7 Å². The third-order valence-corrected chi connectivity index (χ3v) is 7.63. The lowest BCUT2D eigenvalue weighted by Crippen LogP contribution is -2.30. The number of carbonyl (C=O) groups is 1. The Labute approximate surface area is 239 Å². The molecular formula is C29H29FN2O8S. The van der Waals surface area contributed by atoms with Crippen molar-refractivity contribution < 1.29 is 33.3 Å². The van der Waals surface area contributed by atoms with Gasteiger partial charge in [0.2, 0.25) is 11.7 Å². The molecule has 1 N–H and O–H groups in total. The summed E-state index contributed by atoms with van der Waals surface area (Å²) in [5.74, 6) is 0.218. The number of halogens is 1. The van der Waals surface area contributed by atoms with Crippen LogP contribution < -0.4 is 25.0 Å². The van der Waals surface area contributed by atoms with Crippen molar-refractivity contribution in [2.24, 2.45) is 0 Å². The predicted molar refractivity (Wildman–Crippen MR) is 151 cm³/mol. The average Bonchev–Trinajstić information content (AvgIpc) is 3.20. The quantitative estimate of drug-likeness (QED) is 0.206. The Balaban J connectivity index is 1.76. The number of hydrogen-bond acceptors (Lipinski definition) is 9. The Morgan fingerprint density at radius 2 is 1.85 bits per heavy atom. The van der Waals surface area contributed by atoms with Crippen molar-refractivity contribution in [1.82, 2.24) is 5.32 Å². The van der Waals surface area contributed by atoms with Crippen LogP contribution in [0.1, 0.15) is 34.7 Å². The molecule has 12 heteroatoms. The molecule has 1 atom stereocenters. The Bertz CT molecular complexity index is 1550. The van der Waals surface area contributed by atoms with Gasteiger partial charge in [0, 0.05) is 5.56 Å². The van der Waals surface area contributed by atoms with Crippen LogP contribution in [0.3, 0.4) is 0 Å². The number of amides is 1. The number of fused-ring (bicyclic) bond motifs is 3. The van der Waals surface area contributed by atoms with Gasteiger partial charge in [0.25, 0.3) is 5.09 Å². The number of nitrogens with zero attached hydrogens (tertiary/aromatic N) is 1. The number of rotatable bonds is 10.